The minimum Gasteiger partial charge on any atom is -0.370 e. The largest absolute Gasteiger partial charge is 0.370 e. The fourth-order valence-corrected chi connectivity index (χ4v) is 1.91. The molecule has 0 bridgehead atoms. The Kier molecular flexibility index (Phi) is 6.62. The maximum atomic E-state index is 5.79. The minimum absolute atomic E-state index is 0. The molecule has 0 spiro atoms. The van der Waals surface area contributed by atoms with E-state index >= 15 is 0 Å². The van der Waals surface area contributed by atoms with E-state index in [2.05, 4.69) is 47.6 Å². The van der Waals surface area contributed by atoms with Gasteiger partial charge in [0, 0.05) is 6.54 Å². The number of rotatable bonds is 4. The number of nitrogens with zero attached hydrogens (tertiary/aromatic N) is 1. The molecule has 0 radical (unpaired) electrons. The third-order valence-electron chi connectivity index (χ3n) is 2.86. The summed E-state index contributed by atoms with van der Waals surface area (Å²) in [5, 5.41) is 5.56. The Morgan fingerprint density at radius 2 is 1.89 bits per heavy atom. The van der Waals surface area contributed by atoms with Crippen molar-refractivity contribution in [2.45, 2.75) is 19.9 Å². The number of halogens is 1. The molecule has 3 nitrogen and oxygen atoms in total. The maximum absolute atomic E-state index is 5.79. The van der Waals surface area contributed by atoms with Gasteiger partial charge in [-0.25, -0.2) is 4.99 Å². The number of nitrogens with one attached hydrogen (secondary N) is 1. The highest BCUT2D eigenvalue weighted by Crippen LogP contribution is 2.18. The summed E-state index contributed by atoms with van der Waals surface area (Å²) in [5.41, 5.74) is 6.99. The van der Waals surface area contributed by atoms with Crippen LogP contribution in [0, 0.1) is 0 Å². The van der Waals surface area contributed by atoms with E-state index in [-0.39, 0.29) is 24.0 Å². The van der Waals surface area contributed by atoms with Crippen LogP contribution in [0.15, 0.2) is 47.5 Å². The Balaban J connectivity index is 0.00000180. The van der Waals surface area contributed by atoms with Crippen molar-refractivity contribution in [3.05, 3.63) is 48.0 Å². The summed E-state index contributed by atoms with van der Waals surface area (Å²) in [6.45, 7) is 3.58. The van der Waals surface area contributed by atoms with Gasteiger partial charge in [-0.05, 0) is 22.8 Å². The van der Waals surface area contributed by atoms with E-state index in [1.807, 2.05) is 12.1 Å². The highest BCUT2D eigenvalue weighted by molar-refractivity contribution is 14.0. The quantitative estimate of drug-likeness (QED) is 0.494. The fourth-order valence-electron chi connectivity index (χ4n) is 1.91. The van der Waals surface area contributed by atoms with Gasteiger partial charge in [-0.3, -0.25) is 0 Å². The van der Waals surface area contributed by atoms with Gasteiger partial charge in [0.15, 0.2) is 5.96 Å². The van der Waals surface area contributed by atoms with Crippen molar-refractivity contribution in [2.75, 3.05) is 6.54 Å². The molecular weight excluding hydrogens is 349 g/mol. The highest BCUT2D eigenvalue weighted by Gasteiger charge is 1.99. The smallest absolute Gasteiger partial charge is 0.188 e. The second kappa shape index (κ2) is 7.99. The normalized spacial score (nSPS) is 11.1. The van der Waals surface area contributed by atoms with Crippen LogP contribution in [-0.4, -0.2) is 12.5 Å². The van der Waals surface area contributed by atoms with Gasteiger partial charge in [0.25, 0.3) is 0 Å². The molecule has 2 rings (SSSR count). The molecule has 0 unspecified atom stereocenters. The van der Waals surface area contributed by atoms with Crippen molar-refractivity contribution >= 4 is 40.7 Å². The predicted molar refractivity (Wildman–Crippen MR) is 93.0 cm³/mol. The van der Waals surface area contributed by atoms with Crippen LogP contribution in [0.25, 0.3) is 10.8 Å². The number of guanidine groups is 1. The molecule has 3 N–H and O–H groups in total. The van der Waals surface area contributed by atoms with Gasteiger partial charge in [0.2, 0.25) is 0 Å². The SMILES string of the molecule is CCCNC(N)=NCc1cccc2ccccc12.I. The van der Waals surface area contributed by atoms with Crippen molar-refractivity contribution in [3.8, 4) is 0 Å². The average molecular weight is 369 g/mol. The van der Waals surface area contributed by atoms with Crippen LogP contribution in [0.5, 0.6) is 0 Å². The molecule has 0 aliphatic carbocycles. The predicted octanol–water partition coefficient (Wildman–Crippen LogP) is 3.27. The standard InChI is InChI=1S/C15H19N3.HI/c1-2-10-17-15(16)18-11-13-8-5-7-12-6-3-4-9-14(12)13;/h3-9H,2,10-11H2,1H3,(H3,16,17,18);1H. The molecule has 0 fully saturated rings. The molecule has 0 aliphatic heterocycles. The van der Waals surface area contributed by atoms with E-state index in [1.165, 1.54) is 16.3 Å². The van der Waals surface area contributed by atoms with Crippen molar-refractivity contribution < 1.29 is 0 Å². The van der Waals surface area contributed by atoms with E-state index in [4.69, 9.17) is 5.73 Å². The summed E-state index contributed by atoms with van der Waals surface area (Å²) in [6, 6.07) is 14.6. The van der Waals surface area contributed by atoms with Gasteiger partial charge in [0.1, 0.15) is 0 Å². The second-order valence-corrected chi connectivity index (χ2v) is 4.27. The summed E-state index contributed by atoms with van der Waals surface area (Å²) in [7, 11) is 0. The van der Waals surface area contributed by atoms with E-state index in [9.17, 15) is 0 Å². The van der Waals surface area contributed by atoms with E-state index in [1.54, 1.807) is 0 Å². The molecule has 0 aromatic heterocycles. The molecule has 0 heterocycles. The first-order valence-corrected chi connectivity index (χ1v) is 6.31. The van der Waals surface area contributed by atoms with Crippen LogP contribution in [0.1, 0.15) is 18.9 Å². The van der Waals surface area contributed by atoms with Gasteiger partial charge in [-0.2, -0.15) is 0 Å². The summed E-state index contributed by atoms with van der Waals surface area (Å²) < 4.78 is 0. The zero-order valence-electron chi connectivity index (χ0n) is 11.1. The molecule has 0 aliphatic rings. The monoisotopic (exact) mass is 369 g/mol. The number of benzene rings is 2. The Morgan fingerprint density at radius 1 is 1.16 bits per heavy atom. The number of fused-ring (bicyclic) bond motifs is 1. The van der Waals surface area contributed by atoms with Crippen molar-refractivity contribution in [3.63, 3.8) is 0 Å². The average Bonchev–Trinajstić information content (AvgIpc) is 2.42. The Labute approximate surface area is 131 Å². The van der Waals surface area contributed by atoms with Crippen molar-refractivity contribution in [2.24, 2.45) is 10.7 Å². The Bertz CT molecular complexity index is 547. The zero-order valence-corrected chi connectivity index (χ0v) is 13.4. The van der Waals surface area contributed by atoms with Crippen LogP contribution in [0.4, 0.5) is 0 Å². The van der Waals surface area contributed by atoms with Gasteiger partial charge >= 0.3 is 0 Å². The maximum Gasteiger partial charge on any atom is 0.188 e. The number of hydrogen-bond donors (Lipinski definition) is 2. The number of hydrogen-bond acceptors (Lipinski definition) is 1. The highest BCUT2D eigenvalue weighted by atomic mass is 127. The molecule has 102 valence electrons. The number of aliphatic imine (C=N–C) groups is 1. The summed E-state index contributed by atoms with van der Waals surface area (Å²) >= 11 is 0. The minimum atomic E-state index is 0. The molecular formula is C15H20IN3. The van der Waals surface area contributed by atoms with E-state index < -0.39 is 0 Å². The fraction of sp³-hybridized carbons (Fsp3) is 0.267. The van der Waals surface area contributed by atoms with E-state index in [0.29, 0.717) is 12.5 Å². The van der Waals surface area contributed by atoms with Crippen LogP contribution in [0.3, 0.4) is 0 Å². The van der Waals surface area contributed by atoms with Crippen molar-refractivity contribution in [1.82, 2.24) is 5.32 Å². The van der Waals surface area contributed by atoms with Crippen LogP contribution >= 0.6 is 24.0 Å². The first kappa shape index (κ1) is 15.8. The molecule has 4 heteroatoms. The Morgan fingerprint density at radius 3 is 2.68 bits per heavy atom. The first-order chi connectivity index (χ1) is 8.81. The molecule has 0 atom stereocenters. The lowest BCUT2D eigenvalue weighted by molar-refractivity contribution is 0.826. The van der Waals surface area contributed by atoms with Gasteiger partial charge in [-0.15, -0.1) is 24.0 Å². The van der Waals surface area contributed by atoms with Crippen LogP contribution in [0.2, 0.25) is 0 Å². The lowest BCUT2D eigenvalue weighted by atomic mass is 10.1. The van der Waals surface area contributed by atoms with Gasteiger partial charge < -0.3 is 11.1 Å². The molecule has 0 saturated heterocycles. The third-order valence-corrected chi connectivity index (χ3v) is 2.86. The zero-order chi connectivity index (χ0) is 12.8. The lowest BCUT2D eigenvalue weighted by Gasteiger charge is -2.06. The number of nitrogens with two attached hydrogens (primary N) is 1. The third kappa shape index (κ3) is 4.38. The second-order valence-electron chi connectivity index (χ2n) is 4.27. The van der Waals surface area contributed by atoms with Crippen molar-refractivity contribution in [1.29, 1.82) is 0 Å². The summed E-state index contributed by atoms with van der Waals surface area (Å²) in [5.74, 6) is 0.518. The summed E-state index contributed by atoms with van der Waals surface area (Å²) in [4.78, 5) is 4.37. The Hall–Kier alpha value is -1.30. The molecule has 2 aromatic carbocycles. The van der Waals surface area contributed by atoms with Gasteiger partial charge in [0.05, 0.1) is 6.54 Å². The molecule has 19 heavy (non-hydrogen) atoms. The molecule has 0 saturated carbocycles. The molecule has 2 aromatic rings. The summed E-state index contributed by atoms with van der Waals surface area (Å²) in [6.07, 6.45) is 1.05. The first-order valence-electron chi connectivity index (χ1n) is 6.31. The molecule has 0 amide bonds. The van der Waals surface area contributed by atoms with E-state index in [0.717, 1.165) is 13.0 Å². The van der Waals surface area contributed by atoms with Gasteiger partial charge in [-0.1, -0.05) is 49.4 Å². The topological polar surface area (TPSA) is 50.4 Å². The van der Waals surface area contributed by atoms with Crippen LogP contribution < -0.4 is 11.1 Å². The lowest BCUT2D eigenvalue weighted by Crippen LogP contribution is -2.32. The van der Waals surface area contributed by atoms with Crippen LogP contribution in [-0.2, 0) is 6.54 Å².